The molecule has 5 aromatic rings. The van der Waals surface area contributed by atoms with Crippen LogP contribution in [0.2, 0.25) is 0 Å². The van der Waals surface area contributed by atoms with E-state index >= 15 is 0 Å². The fraction of sp³-hybridized carbons (Fsp3) is 0.0323. The van der Waals surface area contributed by atoms with E-state index in [1.807, 2.05) is 139 Å². The van der Waals surface area contributed by atoms with Gasteiger partial charge in [0.25, 0.3) is 5.91 Å². The molecule has 1 heterocycles. The summed E-state index contributed by atoms with van der Waals surface area (Å²) in [6.45, 7) is 2.02. The number of nitrogens with zero attached hydrogens (tertiary/aromatic N) is 2. The Kier molecular flexibility index (Phi) is 6.35. The van der Waals surface area contributed by atoms with Crippen LogP contribution in [0.25, 0.3) is 29.1 Å². The van der Waals surface area contributed by atoms with Crippen molar-refractivity contribution in [3.8, 4) is 16.9 Å². The Hall–Kier alpha value is -4.70. The average Bonchev–Trinajstić information content (AvgIpc) is 3.30. The molecule has 0 saturated heterocycles. The number of benzene rings is 4. The molecule has 4 nitrogen and oxygen atoms in total. The second kappa shape index (κ2) is 10.1. The topological polar surface area (TPSA) is 46.9 Å². The number of hydrogen-bond donors (Lipinski definition) is 1. The quantitative estimate of drug-likeness (QED) is 0.293. The first kappa shape index (κ1) is 22.1. The highest BCUT2D eigenvalue weighted by Crippen LogP contribution is 2.30. The van der Waals surface area contributed by atoms with Gasteiger partial charge >= 0.3 is 0 Å². The Morgan fingerprint density at radius 1 is 0.743 bits per heavy atom. The number of carbonyl (C=O) groups is 1. The van der Waals surface area contributed by atoms with Gasteiger partial charge in [-0.1, -0.05) is 103 Å². The normalized spacial score (nSPS) is 11.0. The van der Waals surface area contributed by atoms with Gasteiger partial charge in [0.1, 0.15) is 5.69 Å². The highest BCUT2D eigenvalue weighted by Gasteiger charge is 2.24. The summed E-state index contributed by atoms with van der Waals surface area (Å²) in [6, 6.07) is 37.5. The zero-order valence-corrected chi connectivity index (χ0v) is 19.4. The molecule has 170 valence electrons. The Morgan fingerprint density at radius 2 is 1.34 bits per heavy atom. The van der Waals surface area contributed by atoms with E-state index in [0.717, 1.165) is 28.1 Å². The summed E-state index contributed by atoms with van der Waals surface area (Å²) in [4.78, 5) is 13.8. The Labute approximate surface area is 205 Å². The predicted octanol–water partition coefficient (Wildman–Crippen LogP) is 7.27. The van der Waals surface area contributed by atoms with E-state index in [1.165, 1.54) is 0 Å². The third-order valence-corrected chi connectivity index (χ3v) is 5.74. The van der Waals surface area contributed by atoms with Crippen molar-refractivity contribution < 1.29 is 4.79 Å². The highest BCUT2D eigenvalue weighted by atomic mass is 16.1. The van der Waals surface area contributed by atoms with Crippen LogP contribution >= 0.6 is 0 Å². The SMILES string of the molecule is Cc1ccc(NC(=O)c2c(-c3ccccc3)nn(-c3ccccc3)c2/C=C/c2ccccc2)cc1. The molecule has 0 unspecified atom stereocenters. The van der Waals surface area contributed by atoms with Gasteiger partial charge in [0.15, 0.2) is 0 Å². The first-order valence-electron chi connectivity index (χ1n) is 11.5. The van der Waals surface area contributed by atoms with E-state index in [2.05, 4.69) is 5.32 Å². The summed E-state index contributed by atoms with van der Waals surface area (Å²) < 4.78 is 1.84. The monoisotopic (exact) mass is 455 g/mol. The van der Waals surface area contributed by atoms with Crippen molar-refractivity contribution in [3.63, 3.8) is 0 Å². The number of nitrogens with one attached hydrogen (secondary N) is 1. The molecule has 0 atom stereocenters. The number of amides is 1. The van der Waals surface area contributed by atoms with Crippen molar-refractivity contribution >= 4 is 23.7 Å². The lowest BCUT2D eigenvalue weighted by Crippen LogP contribution is -2.14. The van der Waals surface area contributed by atoms with E-state index in [1.54, 1.807) is 0 Å². The maximum Gasteiger partial charge on any atom is 0.260 e. The summed E-state index contributed by atoms with van der Waals surface area (Å²) in [6.07, 6.45) is 3.97. The smallest absolute Gasteiger partial charge is 0.260 e. The van der Waals surface area contributed by atoms with Crippen LogP contribution in [0.4, 0.5) is 5.69 Å². The van der Waals surface area contributed by atoms with E-state index in [9.17, 15) is 4.79 Å². The molecule has 5 rings (SSSR count). The molecule has 0 bridgehead atoms. The van der Waals surface area contributed by atoms with Crippen molar-refractivity contribution in [1.29, 1.82) is 0 Å². The maximum absolute atomic E-state index is 13.8. The van der Waals surface area contributed by atoms with Crippen molar-refractivity contribution in [2.75, 3.05) is 5.32 Å². The average molecular weight is 456 g/mol. The Bertz CT molecular complexity index is 1450. The van der Waals surface area contributed by atoms with Crippen molar-refractivity contribution in [1.82, 2.24) is 9.78 Å². The lowest BCUT2D eigenvalue weighted by Gasteiger charge is -2.09. The van der Waals surface area contributed by atoms with Crippen LogP contribution in [0.3, 0.4) is 0 Å². The number of anilines is 1. The minimum Gasteiger partial charge on any atom is -0.322 e. The van der Waals surface area contributed by atoms with Crippen molar-refractivity contribution in [3.05, 3.63) is 138 Å². The zero-order chi connectivity index (χ0) is 24.0. The predicted molar refractivity (Wildman–Crippen MR) is 144 cm³/mol. The molecule has 0 saturated carbocycles. The molecule has 4 aromatic carbocycles. The molecule has 35 heavy (non-hydrogen) atoms. The van der Waals surface area contributed by atoms with Crippen LogP contribution in [-0.2, 0) is 0 Å². The van der Waals surface area contributed by atoms with Gasteiger partial charge in [-0.25, -0.2) is 4.68 Å². The Balaban J connectivity index is 1.69. The lowest BCUT2D eigenvalue weighted by molar-refractivity contribution is 0.102. The van der Waals surface area contributed by atoms with E-state index in [4.69, 9.17) is 5.10 Å². The van der Waals surface area contributed by atoms with Gasteiger partial charge in [-0.2, -0.15) is 5.10 Å². The van der Waals surface area contributed by atoms with Crippen LogP contribution in [-0.4, -0.2) is 15.7 Å². The fourth-order valence-corrected chi connectivity index (χ4v) is 3.94. The molecule has 0 aliphatic carbocycles. The minimum absolute atomic E-state index is 0.206. The molecular weight excluding hydrogens is 430 g/mol. The van der Waals surface area contributed by atoms with E-state index in [-0.39, 0.29) is 5.91 Å². The second-order valence-corrected chi connectivity index (χ2v) is 8.29. The third kappa shape index (κ3) is 4.97. The first-order valence-corrected chi connectivity index (χ1v) is 11.5. The number of rotatable bonds is 6. The fourth-order valence-electron chi connectivity index (χ4n) is 3.94. The summed E-state index contributed by atoms with van der Waals surface area (Å²) >= 11 is 0. The molecule has 0 radical (unpaired) electrons. The molecule has 4 heteroatoms. The summed E-state index contributed by atoms with van der Waals surface area (Å²) in [5, 5.41) is 8.02. The van der Waals surface area contributed by atoms with Crippen LogP contribution in [0.5, 0.6) is 0 Å². The first-order chi connectivity index (χ1) is 17.2. The molecule has 0 aliphatic heterocycles. The number of carbonyl (C=O) groups excluding carboxylic acids is 1. The van der Waals surface area contributed by atoms with Crippen LogP contribution in [0.1, 0.15) is 27.2 Å². The molecule has 0 spiro atoms. The molecule has 1 aromatic heterocycles. The molecule has 0 fully saturated rings. The number of aromatic nitrogens is 2. The number of hydrogen-bond acceptors (Lipinski definition) is 2. The number of para-hydroxylation sites is 1. The Morgan fingerprint density at radius 3 is 2.00 bits per heavy atom. The highest BCUT2D eigenvalue weighted by molar-refractivity contribution is 6.10. The van der Waals surface area contributed by atoms with Gasteiger partial charge < -0.3 is 5.32 Å². The van der Waals surface area contributed by atoms with Crippen molar-refractivity contribution in [2.45, 2.75) is 6.92 Å². The lowest BCUT2D eigenvalue weighted by atomic mass is 10.0. The standard InChI is InChI=1S/C31H25N3O/c1-23-17-20-26(21-18-23)32-31(35)29-28(22-19-24-11-5-2-6-12-24)34(27-15-9-4-10-16-27)33-30(29)25-13-7-3-8-14-25/h2-22H,1H3,(H,32,35)/b22-19+. The molecular formula is C31H25N3O. The molecule has 0 aliphatic rings. The van der Waals surface area contributed by atoms with Gasteiger partial charge in [0.2, 0.25) is 0 Å². The summed E-state index contributed by atoms with van der Waals surface area (Å²) in [5.74, 6) is -0.206. The van der Waals surface area contributed by atoms with Gasteiger partial charge in [-0.3, -0.25) is 4.79 Å². The minimum atomic E-state index is -0.206. The zero-order valence-electron chi connectivity index (χ0n) is 19.4. The van der Waals surface area contributed by atoms with E-state index < -0.39 is 0 Å². The molecule has 1 N–H and O–H groups in total. The van der Waals surface area contributed by atoms with Gasteiger partial charge in [0, 0.05) is 11.3 Å². The van der Waals surface area contributed by atoms with Crippen LogP contribution < -0.4 is 5.32 Å². The number of aryl methyl sites for hydroxylation is 1. The maximum atomic E-state index is 13.8. The molecule has 1 amide bonds. The van der Waals surface area contributed by atoms with Crippen LogP contribution in [0.15, 0.2) is 115 Å². The summed E-state index contributed by atoms with van der Waals surface area (Å²) in [7, 11) is 0. The van der Waals surface area contributed by atoms with Gasteiger partial charge in [0.05, 0.1) is 16.9 Å². The third-order valence-electron chi connectivity index (χ3n) is 5.74. The van der Waals surface area contributed by atoms with Gasteiger partial charge in [-0.15, -0.1) is 0 Å². The van der Waals surface area contributed by atoms with Gasteiger partial charge in [-0.05, 0) is 42.8 Å². The van der Waals surface area contributed by atoms with Crippen molar-refractivity contribution in [2.24, 2.45) is 0 Å². The van der Waals surface area contributed by atoms with E-state index in [0.29, 0.717) is 17.0 Å². The summed E-state index contributed by atoms with van der Waals surface area (Å²) in [5.41, 5.74) is 6.54. The second-order valence-electron chi connectivity index (χ2n) is 8.29. The van der Waals surface area contributed by atoms with Crippen LogP contribution in [0, 0.1) is 6.92 Å². The largest absolute Gasteiger partial charge is 0.322 e.